The number of hydrogen-bond acceptors (Lipinski definition) is 13. The summed E-state index contributed by atoms with van der Waals surface area (Å²) in [5.41, 5.74) is 1.74. The lowest BCUT2D eigenvalue weighted by atomic mass is 9.98. The van der Waals surface area contributed by atoms with E-state index in [1.165, 1.54) is 24.3 Å². The third kappa shape index (κ3) is 8.92. The van der Waals surface area contributed by atoms with Gasteiger partial charge in [0.2, 0.25) is 0 Å². The highest BCUT2D eigenvalue weighted by atomic mass is 16.7. The molecule has 13 nitrogen and oxygen atoms in total. The van der Waals surface area contributed by atoms with Crippen LogP contribution in [-0.2, 0) is 36.6 Å². The van der Waals surface area contributed by atoms with Crippen LogP contribution in [0.25, 0.3) is 0 Å². The van der Waals surface area contributed by atoms with Crippen LogP contribution in [0.2, 0.25) is 0 Å². The minimum atomic E-state index is -1.69. The van der Waals surface area contributed by atoms with Gasteiger partial charge in [-0.05, 0) is 54.7 Å². The predicted molar refractivity (Wildman–Crippen MR) is 148 cm³/mol. The maximum atomic E-state index is 13.0. The van der Waals surface area contributed by atoms with Crippen LogP contribution in [0.4, 0.5) is 0 Å². The average molecular weight is 609 g/mol. The van der Waals surface area contributed by atoms with Crippen LogP contribution in [0, 0.1) is 0 Å². The monoisotopic (exact) mass is 608 g/mol. The molecule has 2 saturated heterocycles. The van der Waals surface area contributed by atoms with Crippen molar-refractivity contribution in [1.82, 2.24) is 0 Å². The molecular weight excluding hydrogens is 568 g/mol. The zero-order valence-corrected chi connectivity index (χ0v) is 23.5. The van der Waals surface area contributed by atoms with Crippen molar-refractivity contribution >= 4 is 5.78 Å². The van der Waals surface area contributed by atoms with Gasteiger partial charge in [0.15, 0.2) is 12.6 Å². The smallest absolute Gasteiger partial charge is 0.186 e. The molecule has 2 fully saturated rings. The topological polar surface area (TPSA) is 216 Å². The first-order valence-electron chi connectivity index (χ1n) is 14.2. The van der Waals surface area contributed by atoms with Crippen molar-refractivity contribution in [2.75, 3.05) is 13.2 Å². The number of aliphatic hydroxyl groups excluding tert-OH is 6. The Morgan fingerprint density at radius 3 is 1.84 bits per heavy atom. The van der Waals surface area contributed by atoms with Gasteiger partial charge in [-0.25, -0.2) is 0 Å². The van der Waals surface area contributed by atoms with Gasteiger partial charge < -0.3 is 59.8 Å². The zero-order chi connectivity index (χ0) is 31.1. The lowest BCUT2D eigenvalue weighted by Gasteiger charge is -2.41. The second kappa shape index (κ2) is 15.3. The number of carbonyl (C=O) groups excluding carboxylic acids is 1. The van der Waals surface area contributed by atoms with Crippen LogP contribution in [-0.4, -0.2) is 121 Å². The van der Waals surface area contributed by atoms with E-state index >= 15 is 0 Å². The summed E-state index contributed by atoms with van der Waals surface area (Å²) in [6, 6.07) is 13.1. The van der Waals surface area contributed by atoms with Gasteiger partial charge in [0.1, 0.15) is 60.0 Å². The van der Waals surface area contributed by atoms with E-state index in [1.54, 1.807) is 24.3 Å². The molecule has 2 aromatic carbocycles. The number of aliphatic hydroxyl groups is 6. The Bertz CT molecular complexity index is 1140. The summed E-state index contributed by atoms with van der Waals surface area (Å²) >= 11 is 0. The molecule has 0 aliphatic carbocycles. The van der Waals surface area contributed by atoms with Crippen LogP contribution in [0.3, 0.4) is 0 Å². The summed E-state index contributed by atoms with van der Waals surface area (Å²) < 4.78 is 22.5. The number of rotatable bonds is 14. The Hall–Kier alpha value is -2.69. The third-order valence-electron chi connectivity index (χ3n) is 7.69. The lowest BCUT2D eigenvalue weighted by Crippen LogP contribution is -2.60. The fourth-order valence-corrected chi connectivity index (χ4v) is 5.06. The van der Waals surface area contributed by atoms with E-state index in [0.29, 0.717) is 19.3 Å². The fraction of sp³-hybridized carbons (Fsp3) is 0.567. The molecule has 0 bridgehead atoms. The Balaban J connectivity index is 1.40. The van der Waals surface area contributed by atoms with Crippen molar-refractivity contribution in [3.8, 4) is 11.5 Å². The molecule has 10 atom stereocenters. The molecule has 0 unspecified atom stereocenters. The van der Waals surface area contributed by atoms with Crippen LogP contribution in [0.1, 0.15) is 30.4 Å². The van der Waals surface area contributed by atoms with Crippen LogP contribution < -0.4 is 0 Å². The second-order valence-corrected chi connectivity index (χ2v) is 10.9. The number of hydrogen-bond donors (Lipinski definition) is 8. The average Bonchev–Trinajstić information content (AvgIpc) is 3.28. The highest BCUT2D eigenvalue weighted by Gasteiger charge is 2.47. The van der Waals surface area contributed by atoms with Gasteiger partial charge in [0, 0.05) is 12.8 Å². The van der Waals surface area contributed by atoms with Gasteiger partial charge in [0.05, 0.1) is 19.3 Å². The highest BCUT2D eigenvalue weighted by molar-refractivity contribution is 5.79. The van der Waals surface area contributed by atoms with E-state index < -0.39 is 74.6 Å². The SMILES string of the molecule is O=C(CCc1ccc(O)cc1)C[C@H](CCc1ccc(O)cc1)O[C@@H]1O[C@H](CO[C@H]2O[C@H](CO)[C@@H](O)[C@@H]2O)[C@@H](O)[C@H](O)[C@H]1O. The maximum Gasteiger partial charge on any atom is 0.186 e. The number of phenolic OH excluding ortho intramolecular Hbond substituents is 2. The number of ether oxygens (including phenoxy) is 4. The molecule has 4 rings (SSSR count). The Labute approximate surface area is 248 Å². The normalized spacial score (nSPS) is 31.6. The van der Waals surface area contributed by atoms with Crippen LogP contribution in [0.15, 0.2) is 48.5 Å². The molecule has 8 N–H and O–H groups in total. The summed E-state index contributed by atoms with van der Waals surface area (Å²) in [4.78, 5) is 13.0. The number of ketones is 1. The first-order valence-corrected chi connectivity index (χ1v) is 14.2. The van der Waals surface area contributed by atoms with Gasteiger partial charge in [-0.15, -0.1) is 0 Å². The van der Waals surface area contributed by atoms with Crippen LogP contribution >= 0.6 is 0 Å². The molecule has 2 aliphatic heterocycles. The van der Waals surface area contributed by atoms with E-state index in [1.807, 2.05) is 0 Å². The number of carbonyl (C=O) groups is 1. The molecule has 2 aliphatic rings. The number of phenols is 2. The minimum absolute atomic E-state index is 0.0366. The van der Waals surface area contributed by atoms with E-state index in [4.69, 9.17) is 18.9 Å². The minimum Gasteiger partial charge on any atom is -0.508 e. The number of benzene rings is 2. The van der Waals surface area contributed by atoms with Crippen LogP contribution in [0.5, 0.6) is 11.5 Å². The summed E-state index contributed by atoms with van der Waals surface area (Å²) in [7, 11) is 0. The van der Waals surface area contributed by atoms with Gasteiger partial charge in [-0.1, -0.05) is 24.3 Å². The molecule has 13 heteroatoms. The fourth-order valence-electron chi connectivity index (χ4n) is 5.06. The standard InChI is InChI=1S/C30H40O13/c31-14-22-24(35)27(38)29(42-22)40-15-23-25(36)26(37)28(39)30(43-23)41-21(12-6-17-3-9-19(33)10-4-17)13-20(34)11-5-16-1-7-18(32)8-2-16/h1-4,7-10,21-33,35-39H,5-6,11-15H2/t21-,22+,23+,24+,25+,26-,27-,28+,29-,30+/m0/s1. The molecule has 2 heterocycles. The first-order chi connectivity index (χ1) is 20.5. The summed E-state index contributed by atoms with van der Waals surface area (Å²) in [6.07, 6.45) is -12.3. The summed E-state index contributed by atoms with van der Waals surface area (Å²) in [5.74, 6) is 0.107. The van der Waals surface area contributed by atoms with Gasteiger partial charge in [-0.2, -0.15) is 0 Å². The Morgan fingerprint density at radius 2 is 1.26 bits per heavy atom. The van der Waals surface area contributed by atoms with Crippen molar-refractivity contribution < 1.29 is 64.6 Å². The summed E-state index contributed by atoms with van der Waals surface area (Å²) in [5, 5.41) is 80.1. The van der Waals surface area contributed by atoms with E-state index in [0.717, 1.165) is 11.1 Å². The largest absolute Gasteiger partial charge is 0.508 e. The number of aromatic hydroxyl groups is 2. The molecular formula is C30H40O13. The van der Waals surface area contributed by atoms with Crippen molar-refractivity contribution in [3.63, 3.8) is 0 Å². The molecule has 0 saturated carbocycles. The van der Waals surface area contributed by atoms with Crippen molar-refractivity contribution in [2.24, 2.45) is 0 Å². The molecule has 0 amide bonds. The van der Waals surface area contributed by atoms with E-state index in [2.05, 4.69) is 0 Å². The third-order valence-corrected chi connectivity index (χ3v) is 7.69. The molecule has 2 aromatic rings. The van der Waals surface area contributed by atoms with E-state index in [9.17, 15) is 45.6 Å². The Kier molecular flexibility index (Phi) is 11.9. The molecule has 0 radical (unpaired) electrons. The highest BCUT2D eigenvalue weighted by Crippen LogP contribution is 2.28. The van der Waals surface area contributed by atoms with Crippen molar-refractivity contribution in [1.29, 1.82) is 0 Å². The predicted octanol–water partition coefficient (Wildman–Crippen LogP) is -0.729. The molecule has 238 valence electrons. The molecule has 0 spiro atoms. The first kappa shape index (κ1) is 33.2. The maximum absolute atomic E-state index is 13.0. The second-order valence-electron chi connectivity index (χ2n) is 10.9. The summed E-state index contributed by atoms with van der Waals surface area (Å²) in [6.45, 7) is -0.984. The van der Waals surface area contributed by atoms with Gasteiger partial charge >= 0.3 is 0 Å². The van der Waals surface area contributed by atoms with Gasteiger partial charge in [-0.3, -0.25) is 4.79 Å². The quantitative estimate of drug-likeness (QED) is 0.133. The van der Waals surface area contributed by atoms with Gasteiger partial charge in [0.25, 0.3) is 0 Å². The Morgan fingerprint density at radius 1 is 0.721 bits per heavy atom. The van der Waals surface area contributed by atoms with Crippen molar-refractivity contribution in [3.05, 3.63) is 59.7 Å². The number of Topliss-reactive ketones (excluding diaryl/α,β-unsaturated/α-hetero) is 1. The molecule has 43 heavy (non-hydrogen) atoms. The number of aryl methyl sites for hydroxylation is 2. The van der Waals surface area contributed by atoms with Crippen molar-refractivity contribution in [2.45, 2.75) is 93.5 Å². The zero-order valence-electron chi connectivity index (χ0n) is 23.5. The lowest BCUT2D eigenvalue weighted by molar-refractivity contribution is -0.319. The molecule has 0 aromatic heterocycles. The van der Waals surface area contributed by atoms with E-state index in [-0.39, 0.29) is 30.1 Å².